The zero-order chi connectivity index (χ0) is 13.8. The molecule has 3 nitrogen and oxygen atoms in total. The first-order valence-electron chi connectivity index (χ1n) is 7.26. The lowest BCUT2D eigenvalue weighted by atomic mass is 10.1. The van der Waals surface area contributed by atoms with Gasteiger partial charge >= 0.3 is 0 Å². The lowest BCUT2D eigenvalue weighted by molar-refractivity contribution is 0.236. The van der Waals surface area contributed by atoms with Crippen LogP contribution in [0.25, 0.3) is 0 Å². The monoisotopic (exact) mass is 261 g/mol. The van der Waals surface area contributed by atoms with Gasteiger partial charge < -0.3 is 15.1 Å². The lowest BCUT2D eigenvalue weighted by Gasteiger charge is -2.30. The largest absolute Gasteiger partial charge is 0.370 e. The molecular formula is C16H27N3. The van der Waals surface area contributed by atoms with Crippen LogP contribution in [0, 0.1) is 12.8 Å². The van der Waals surface area contributed by atoms with E-state index in [0.717, 1.165) is 19.6 Å². The molecule has 1 aromatic rings. The summed E-state index contributed by atoms with van der Waals surface area (Å²) in [7, 11) is 4.29. The highest BCUT2D eigenvalue weighted by Crippen LogP contribution is 2.21. The topological polar surface area (TPSA) is 18.5 Å². The van der Waals surface area contributed by atoms with E-state index in [0.29, 0.717) is 12.0 Å². The summed E-state index contributed by atoms with van der Waals surface area (Å²) in [6.45, 7) is 8.96. The van der Waals surface area contributed by atoms with Gasteiger partial charge in [0, 0.05) is 37.9 Å². The van der Waals surface area contributed by atoms with Gasteiger partial charge in [-0.05, 0) is 39.1 Å². The Hall–Kier alpha value is -1.06. The second kappa shape index (κ2) is 6.40. The summed E-state index contributed by atoms with van der Waals surface area (Å²) in [5, 5.41) is 3.32. The first kappa shape index (κ1) is 14.4. The van der Waals surface area contributed by atoms with Gasteiger partial charge in [0.2, 0.25) is 0 Å². The van der Waals surface area contributed by atoms with E-state index in [2.05, 4.69) is 60.3 Å². The summed E-state index contributed by atoms with van der Waals surface area (Å²) in [6.07, 6.45) is 0. The van der Waals surface area contributed by atoms with Crippen molar-refractivity contribution in [3.05, 3.63) is 29.8 Å². The highest BCUT2D eigenvalue weighted by atomic mass is 15.2. The fraction of sp³-hybridized carbons (Fsp3) is 0.625. The van der Waals surface area contributed by atoms with E-state index in [1.807, 2.05) is 7.05 Å². The van der Waals surface area contributed by atoms with Crippen molar-refractivity contribution in [2.75, 3.05) is 45.2 Å². The molecule has 0 amide bonds. The van der Waals surface area contributed by atoms with Gasteiger partial charge in [-0.3, -0.25) is 0 Å². The van der Waals surface area contributed by atoms with Crippen molar-refractivity contribution < 1.29 is 0 Å². The fourth-order valence-electron chi connectivity index (χ4n) is 2.97. The van der Waals surface area contributed by atoms with E-state index >= 15 is 0 Å². The third-order valence-electron chi connectivity index (χ3n) is 4.03. The van der Waals surface area contributed by atoms with Crippen LogP contribution in [0.5, 0.6) is 0 Å². The molecule has 3 heteroatoms. The number of aryl methyl sites for hydroxylation is 1. The van der Waals surface area contributed by atoms with Crippen molar-refractivity contribution in [2.45, 2.75) is 19.9 Å². The molecule has 0 aromatic heterocycles. The van der Waals surface area contributed by atoms with Crippen LogP contribution in [-0.4, -0.2) is 51.2 Å². The Morgan fingerprint density at radius 1 is 1.16 bits per heavy atom. The normalized spacial score (nSPS) is 25.4. The van der Waals surface area contributed by atoms with Gasteiger partial charge in [-0.2, -0.15) is 0 Å². The first-order valence-corrected chi connectivity index (χ1v) is 7.26. The Labute approximate surface area is 117 Å². The second-order valence-electron chi connectivity index (χ2n) is 6.00. The quantitative estimate of drug-likeness (QED) is 0.897. The molecule has 1 N–H and O–H groups in total. The molecule has 0 bridgehead atoms. The number of benzene rings is 1. The Kier molecular flexibility index (Phi) is 4.83. The molecule has 0 saturated carbocycles. The molecule has 0 aliphatic carbocycles. The summed E-state index contributed by atoms with van der Waals surface area (Å²) in [5.74, 6) is 0.702. The predicted molar refractivity (Wildman–Crippen MR) is 82.9 cm³/mol. The minimum Gasteiger partial charge on any atom is -0.370 e. The van der Waals surface area contributed by atoms with Crippen molar-refractivity contribution in [1.29, 1.82) is 0 Å². The molecule has 2 rings (SSSR count). The van der Waals surface area contributed by atoms with Crippen molar-refractivity contribution in [1.82, 2.24) is 10.2 Å². The standard InChI is InChI=1S/C16H27N3/c1-13-5-7-15(8-6-13)19-11-14(2)10-18(4)16(12-19)9-17-3/h5-8,14,16-17H,9-12H2,1-4H3. The highest BCUT2D eigenvalue weighted by molar-refractivity contribution is 5.48. The van der Waals surface area contributed by atoms with Crippen molar-refractivity contribution in [3.63, 3.8) is 0 Å². The second-order valence-corrected chi connectivity index (χ2v) is 6.00. The van der Waals surface area contributed by atoms with E-state index in [1.165, 1.54) is 17.8 Å². The van der Waals surface area contributed by atoms with Crippen LogP contribution in [0.4, 0.5) is 5.69 Å². The maximum absolute atomic E-state index is 3.32. The minimum atomic E-state index is 0.580. The summed E-state index contributed by atoms with van der Waals surface area (Å²) < 4.78 is 0. The molecule has 1 heterocycles. The highest BCUT2D eigenvalue weighted by Gasteiger charge is 2.25. The molecule has 2 atom stereocenters. The van der Waals surface area contributed by atoms with Crippen LogP contribution < -0.4 is 10.2 Å². The molecule has 0 radical (unpaired) electrons. The van der Waals surface area contributed by atoms with Gasteiger partial charge in [0.1, 0.15) is 0 Å². The summed E-state index contributed by atoms with van der Waals surface area (Å²) in [5.41, 5.74) is 2.68. The van der Waals surface area contributed by atoms with Crippen LogP contribution >= 0.6 is 0 Å². The molecule has 1 aliphatic heterocycles. The Morgan fingerprint density at radius 2 is 1.84 bits per heavy atom. The molecule has 1 aromatic carbocycles. The number of nitrogens with one attached hydrogen (secondary N) is 1. The third-order valence-corrected chi connectivity index (χ3v) is 4.03. The van der Waals surface area contributed by atoms with E-state index in [1.54, 1.807) is 0 Å². The zero-order valence-electron chi connectivity index (χ0n) is 12.7. The van der Waals surface area contributed by atoms with Gasteiger partial charge in [0.15, 0.2) is 0 Å². The molecular weight excluding hydrogens is 234 g/mol. The zero-order valence-corrected chi connectivity index (χ0v) is 12.7. The number of anilines is 1. The maximum atomic E-state index is 3.32. The van der Waals surface area contributed by atoms with E-state index in [-0.39, 0.29) is 0 Å². The summed E-state index contributed by atoms with van der Waals surface area (Å²) >= 11 is 0. The Bertz CT molecular complexity index is 387. The predicted octanol–water partition coefficient (Wildman–Crippen LogP) is 1.97. The van der Waals surface area contributed by atoms with E-state index in [9.17, 15) is 0 Å². The molecule has 1 saturated heterocycles. The van der Waals surface area contributed by atoms with E-state index < -0.39 is 0 Å². The Morgan fingerprint density at radius 3 is 2.47 bits per heavy atom. The van der Waals surface area contributed by atoms with Gasteiger partial charge in [0.25, 0.3) is 0 Å². The third kappa shape index (κ3) is 3.71. The number of rotatable bonds is 3. The van der Waals surface area contributed by atoms with Crippen LogP contribution in [0.2, 0.25) is 0 Å². The molecule has 1 aliphatic rings. The maximum Gasteiger partial charge on any atom is 0.0392 e. The average Bonchev–Trinajstić information content (AvgIpc) is 2.50. The van der Waals surface area contributed by atoms with Gasteiger partial charge in [-0.1, -0.05) is 24.6 Å². The lowest BCUT2D eigenvalue weighted by Crippen LogP contribution is -2.44. The fourth-order valence-corrected chi connectivity index (χ4v) is 2.97. The first-order chi connectivity index (χ1) is 9.10. The number of hydrogen-bond acceptors (Lipinski definition) is 3. The smallest absolute Gasteiger partial charge is 0.0392 e. The number of hydrogen-bond donors (Lipinski definition) is 1. The SMILES string of the molecule is CNCC1CN(c2ccc(C)cc2)CC(C)CN1C. The van der Waals surface area contributed by atoms with Crippen LogP contribution in [0.15, 0.2) is 24.3 Å². The molecule has 19 heavy (non-hydrogen) atoms. The number of likely N-dealkylation sites (N-methyl/N-ethyl adjacent to an activating group) is 2. The van der Waals surface area contributed by atoms with Gasteiger partial charge in [-0.15, -0.1) is 0 Å². The summed E-state index contributed by atoms with van der Waals surface area (Å²) in [4.78, 5) is 5.03. The molecule has 0 spiro atoms. The van der Waals surface area contributed by atoms with Crippen molar-refractivity contribution in [2.24, 2.45) is 5.92 Å². The van der Waals surface area contributed by atoms with Crippen molar-refractivity contribution >= 4 is 5.69 Å². The molecule has 2 unspecified atom stereocenters. The minimum absolute atomic E-state index is 0.580. The van der Waals surface area contributed by atoms with Gasteiger partial charge in [-0.25, -0.2) is 0 Å². The summed E-state index contributed by atoms with van der Waals surface area (Å²) in [6, 6.07) is 9.51. The van der Waals surface area contributed by atoms with Gasteiger partial charge in [0.05, 0.1) is 0 Å². The van der Waals surface area contributed by atoms with E-state index in [4.69, 9.17) is 0 Å². The van der Waals surface area contributed by atoms with Crippen LogP contribution in [-0.2, 0) is 0 Å². The Balaban J connectivity index is 2.16. The molecule has 1 fully saturated rings. The van der Waals surface area contributed by atoms with Crippen LogP contribution in [0.3, 0.4) is 0 Å². The number of nitrogens with zero attached hydrogens (tertiary/aromatic N) is 2. The van der Waals surface area contributed by atoms with Crippen molar-refractivity contribution in [3.8, 4) is 0 Å². The van der Waals surface area contributed by atoms with Crippen LogP contribution in [0.1, 0.15) is 12.5 Å². The molecule has 106 valence electrons. The average molecular weight is 261 g/mol.